The number of carbonyl (C=O) groups is 1. The highest BCUT2D eigenvalue weighted by molar-refractivity contribution is 6.70. The zero-order valence-electron chi connectivity index (χ0n) is 11.2. The van der Waals surface area contributed by atoms with E-state index in [1.165, 1.54) is 6.08 Å². The fourth-order valence-corrected chi connectivity index (χ4v) is 2.39. The lowest BCUT2D eigenvalue weighted by molar-refractivity contribution is -0.137. The second-order valence-corrected chi connectivity index (χ2v) is 9.53. The smallest absolute Gasteiger partial charge is 0.334 e. The lowest BCUT2D eigenvalue weighted by Crippen LogP contribution is -2.25. The van der Waals surface area contributed by atoms with E-state index in [0.29, 0.717) is 12.5 Å². The van der Waals surface area contributed by atoms with E-state index in [0.717, 1.165) is 25.0 Å². The zero-order valence-corrected chi connectivity index (χ0v) is 13.0. The van der Waals surface area contributed by atoms with Crippen molar-refractivity contribution in [3.05, 3.63) is 11.8 Å². The van der Waals surface area contributed by atoms with E-state index in [1.807, 2.05) is 0 Å². The van der Waals surface area contributed by atoms with Crippen molar-refractivity contribution in [3.8, 4) is 0 Å². The average molecular weight is 279 g/mol. The highest BCUT2D eigenvalue weighted by Gasteiger charge is 2.18. The fourth-order valence-electron chi connectivity index (χ4n) is 1.26. The molecule has 0 spiro atoms. The number of allylic oxidation sites excluding steroid dienone is 1. The van der Waals surface area contributed by atoms with Crippen LogP contribution >= 0.6 is 11.6 Å². The quantitative estimate of drug-likeness (QED) is 0.170. The summed E-state index contributed by atoms with van der Waals surface area (Å²) in [5, 5.41) is 0. The van der Waals surface area contributed by atoms with Gasteiger partial charge in [0.25, 0.3) is 0 Å². The lowest BCUT2D eigenvalue weighted by Gasteiger charge is -2.21. The molecule has 0 aliphatic heterocycles. The second kappa shape index (κ2) is 8.58. The molecule has 0 fully saturated rings. The number of unbranched alkanes of at least 4 members (excludes halogenated alkanes) is 1. The minimum absolute atomic E-state index is 0.327. The standard InChI is InChI=1S/C12H23ClO3Si/c1-5-15-12(14)10-11(8-6-7-9-13)16-17(2,3)4/h10H,5-9H2,1-4H3/b11-10+. The summed E-state index contributed by atoms with van der Waals surface area (Å²) in [6.07, 6.45) is 4.07. The largest absolute Gasteiger partial charge is 0.547 e. The van der Waals surface area contributed by atoms with E-state index < -0.39 is 8.32 Å². The van der Waals surface area contributed by atoms with E-state index in [4.69, 9.17) is 20.8 Å². The maximum Gasteiger partial charge on any atom is 0.334 e. The molecule has 5 heteroatoms. The normalized spacial score (nSPS) is 12.4. The predicted octanol–water partition coefficient (Wildman–Crippen LogP) is 3.69. The molecular formula is C12H23ClO3Si. The third kappa shape index (κ3) is 10.4. The van der Waals surface area contributed by atoms with Crippen LogP contribution in [0.25, 0.3) is 0 Å². The maximum absolute atomic E-state index is 11.4. The number of ether oxygens (including phenoxy) is 1. The summed E-state index contributed by atoms with van der Waals surface area (Å²) in [6.45, 7) is 8.45. The van der Waals surface area contributed by atoms with Gasteiger partial charge in [-0.2, -0.15) is 0 Å². The summed E-state index contributed by atoms with van der Waals surface area (Å²) in [6, 6.07) is 0. The highest BCUT2D eigenvalue weighted by atomic mass is 35.5. The van der Waals surface area contributed by atoms with Gasteiger partial charge in [-0.25, -0.2) is 4.79 Å². The van der Waals surface area contributed by atoms with E-state index >= 15 is 0 Å². The molecule has 0 radical (unpaired) electrons. The molecule has 0 aromatic carbocycles. The first kappa shape index (κ1) is 16.5. The Morgan fingerprint density at radius 3 is 2.41 bits per heavy atom. The fraction of sp³-hybridized carbons (Fsp3) is 0.750. The second-order valence-electron chi connectivity index (χ2n) is 4.72. The molecule has 0 bridgehead atoms. The minimum atomic E-state index is -1.68. The van der Waals surface area contributed by atoms with Gasteiger partial charge in [-0.1, -0.05) is 0 Å². The summed E-state index contributed by atoms with van der Waals surface area (Å²) in [7, 11) is -1.68. The summed E-state index contributed by atoms with van der Waals surface area (Å²) in [5.74, 6) is 1.04. The van der Waals surface area contributed by atoms with Crippen LogP contribution in [0.3, 0.4) is 0 Å². The van der Waals surface area contributed by atoms with Crippen LogP contribution in [0.4, 0.5) is 0 Å². The number of esters is 1. The Kier molecular flexibility index (Phi) is 8.34. The molecule has 0 amide bonds. The molecule has 0 aromatic rings. The molecule has 3 nitrogen and oxygen atoms in total. The van der Waals surface area contributed by atoms with Crippen molar-refractivity contribution >= 4 is 25.9 Å². The molecular weight excluding hydrogens is 256 g/mol. The van der Waals surface area contributed by atoms with Gasteiger partial charge in [-0.05, 0) is 39.4 Å². The Bertz CT molecular complexity index is 259. The van der Waals surface area contributed by atoms with Crippen LogP contribution in [0.5, 0.6) is 0 Å². The Labute approximate surface area is 110 Å². The molecule has 0 unspecified atom stereocenters. The van der Waals surface area contributed by atoms with Crippen molar-refractivity contribution < 1.29 is 14.0 Å². The SMILES string of the molecule is CCOC(=O)/C=C(\CCCCCl)O[Si](C)(C)C. The first-order valence-corrected chi connectivity index (χ1v) is 9.95. The topological polar surface area (TPSA) is 35.5 Å². The Morgan fingerprint density at radius 2 is 1.94 bits per heavy atom. The maximum atomic E-state index is 11.4. The van der Waals surface area contributed by atoms with Crippen LogP contribution in [0, 0.1) is 0 Å². The zero-order chi connectivity index (χ0) is 13.3. The van der Waals surface area contributed by atoms with Crippen molar-refractivity contribution in [2.75, 3.05) is 12.5 Å². The average Bonchev–Trinajstić information content (AvgIpc) is 2.15. The monoisotopic (exact) mass is 278 g/mol. The number of rotatable bonds is 8. The van der Waals surface area contributed by atoms with Gasteiger partial charge in [-0.15, -0.1) is 11.6 Å². The van der Waals surface area contributed by atoms with Gasteiger partial charge in [0.2, 0.25) is 8.32 Å². The van der Waals surface area contributed by atoms with Crippen LogP contribution in [0.1, 0.15) is 26.2 Å². The Hall–Kier alpha value is -0.483. The van der Waals surface area contributed by atoms with Crippen LogP contribution in [0.2, 0.25) is 19.6 Å². The van der Waals surface area contributed by atoms with E-state index in [2.05, 4.69) is 19.6 Å². The van der Waals surface area contributed by atoms with Crippen LogP contribution in [-0.4, -0.2) is 26.8 Å². The third-order valence-corrected chi connectivity index (χ3v) is 2.95. The van der Waals surface area contributed by atoms with Gasteiger partial charge in [-0.3, -0.25) is 0 Å². The van der Waals surface area contributed by atoms with Crippen molar-refractivity contribution in [3.63, 3.8) is 0 Å². The van der Waals surface area contributed by atoms with Crippen molar-refractivity contribution in [2.45, 2.75) is 45.8 Å². The highest BCUT2D eigenvalue weighted by Crippen LogP contribution is 2.16. The van der Waals surface area contributed by atoms with Gasteiger partial charge >= 0.3 is 5.97 Å². The number of carbonyl (C=O) groups excluding carboxylic acids is 1. The summed E-state index contributed by atoms with van der Waals surface area (Å²) < 4.78 is 10.7. The van der Waals surface area contributed by atoms with Gasteiger partial charge in [0.1, 0.15) is 0 Å². The minimum Gasteiger partial charge on any atom is -0.547 e. The molecule has 100 valence electrons. The Balaban J connectivity index is 4.43. The van der Waals surface area contributed by atoms with Gasteiger partial charge < -0.3 is 9.16 Å². The van der Waals surface area contributed by atoms with Gasteiger partial charge in [0.15, 0.2) is 0 Å². The van der Waals surface area contributed by atoms with Crippen LogP contribution in [-0.2, 0) is 14.0 Å². The molecule has 0 N–H and O–H groups in total. The summed E-state index contributed by atoms with van der Waals surface area (Å²) in [5.41, 5.74) is 0. The van der Waals surface area contributed by atoms with Crippen molar-refractivity contribution in [1.82, 2.24) is 0 Å². The van der Waals surface area contributed by atoms with E-state index in [-0.39, 0.29) is 5.97 Å². The van der Waals surface area contributed by atoms with Gasteiger partial charge in [0.05, 0.1) is 18.4 Å². The molecule has 0 heterocycles. The van der Waals surface area contributed by atoms with Crippen LogP contribution < -0.4 is 0 Å². The summed E-state index contributed by atoms with van der Waals surface area (Å²) in [4.78, 5) is 11.4. The lowest BCUT2D eigenvalue weighted by atomic mass is 10.2. The van der Waals surface area contributed by atoms with Gasteiger partial charge in [0, 0.05) is 12.3 Å². The molecule has 0 saturated heterocycles. The van der Waals surface area contributed by atoms with E-state index in [9.17, 15) is 4.79 Å². The number of hydrogen-bond acceptors (Lipinski definition) is 3. The first-order chi connectivity index (χ1) is 7.89. The number of alkyl halides is 1. The molecule has 0 aliphatic rings. The first-order valence-electron chi connectivity index (χ1n) is 6.01. The third-order valence-electron chi connectivity index (χ3n) is 1.81. The van der Waals surface area contributed by atoms with Crippen molar-refractivity contribution in [1.29, 1.82) is 0 Å². The molecule has 0 atom stereocenters. The van der Waals surface area contributed by atoms with Crippen molar-refractivity contribution in [2.24, 2.45) is 0 Å². The molecule has 0 saturated carbocycles. The van der Waals surface area contributed by atoms with Crippen LogP contribution in [0.15, 0.2) is 11.8 Å². The Morgan fingerprint density at radius 1 is 1.29 bits per heavy atom. The van der Waals surface area contributed by atoms with E-state index in [1.54, 1.807) is 6.92 Å². The number of hydrogen-bond donors (Lipinski definition) is 0. The summed E-state index contributed by atoms with van der Waals surface area (Å²) >= 11 is 5.63. The number of halogens is 1. The molecule has 0 rings (SSSR count). The molecule has 17 heavy (non-hydrogen) atoms. The molecule has 0 aliphatic carbocycles. The predicted molar refractivity (Wildman–Crippen MR) is 73.7 cm³/mol. The molecule has 0 aromatic heterocycles.